The third-order valence-corrected chi connectivity index (χ3v) is 3.66. The number of aromatic nitrogens is 1. The highest BCUT2D eigenvalue weighted by Gasteiger charge is 2.38. The highest BCUT2D eigenvalue weighted by molar-refractivity contribution is 5.44. The summed E-state index contributed by atoms with van der Waals surface area (Å²) in [6, 6.07) is 5.84. The van der Waals surface area contributed by atoms with Crippen LogP contribution in [0.25, 0.3) is 0 Å². The quantitative estimate of drug-likeness (QED) is 0.833. The number of anilines is 1. The summed E-state index contributed by atoms with van der Waals surface area (Å²) in [4.78, 5) is 4.03. The second-order valence-corrected chi connectivity index (χ2v) is 4.95. The van der Waals surface area contributed by atoms with E-state index in [2.05, 4.69) is 17.2 Å². The van der Waals surface area contributed by atoms with Crippen molar-refractivity contribution < 1.29 is 5.11 Å². The second-order valence-electron chi connectivity index (χ2n) is 4.95. The highest BCUT2D eigenvalue weighted by atomic mass is 16.3. The summed E-state index contributed by atoms with van der Waals surface area (Å²) >= 11 is 0. The van der Waals surface area contributed by atoms with Gasteiger partial charge >= 0.3 is 0 Å². The zero-order valence-corrected chi connectivity index (χ0v) is 9.98. The van der Waals surface area contributed by atoms with E-state index in [0.29, 0.717) is 5.69 Å². The molecular formula is C13H17N3O. The summed E-state index contributed by atoms with van der Waals surface area (Å²) in [6.45, 7) is 2.31. The number of nitriles is 1. The molecule has 0 aliphatic heterocycles. The van der Waals surface area contributed by atoms with Crippen LogP contribution in [0.15, 0.2) is 18.3 Å². The van der Waals surface area contributed by atoms with Gasteiger partial charge in [-0.3, -0.25) is 0 Å². The van der Waals surface area contributed by atoms with Gasteiger partial charge in [-0.15, -0.1) is 0 Å². The first-order valence-corrected chi connectivity index (χ1v) is 5.91. The normalized spacial score (nSPS) is 27.7. The van der Waals surface area contributed by atoms with Gasteiger partial charge in [0.25, 0.3) is 0 Å². The third-order valence-electron chi connectivity index (χ3n) is 3.66. The Kier molecular flexibility index (Phi) is 3.30. The molecule has 1 aromatic rings. The second kappa shape index (κ2) is 4.72. The standard InChI is InChI=1S/C13H17N3O/c1-13(9-17)6-2-3-12(13)16-11-5-4-10(7-14)15-8-11/h4-5,8,12,16-17H,2-3,6,9H2,1H3/t12-,13+/m1/s1. The number of nitrogens with zero attached hydrogens (tertiary/aromatic N) is 2. The van der Waals surface area contributed by atoms with Crippen molar-refractivity contribution in [2.24, 2.45) is 5.41 Å². The lowest BCUT2D eigenvalue weighted by molar-refractivity contribution is 0.139. The van der Waals surface area contributed by atoms with Crippen LogP contribution in [0.4, 0.5) is 5.69 Å². The number of aliphatic hydroxyl groups excluding tert-OH is 1. The number of nitrogens with one attached hydrogen (secondary N) is 1. The van der Waals surface area contributed by atoms with Crippen molar-refractivity contribution in [2.75, 3.05) is 11.9 Å². The van der Waals surface area contributed by atoms with E-state index >= 15 is 0 Å². The predicted molar refractivity (Wildman–Crippen MR) is 65.4 cm³/mol. The van der Waals surface area contributed by atoms with Crippen LogP contribution in [-0.2, 0) is 0 Å². The average molecular weight is 231 g/mol. The fraction of sp³-hybridized carbons (Fsp3) is 0.538. The minimum absolute atomic E-state index is 0.0477. The van der Waals surface area contributed by atoms with Crippen molar-refractivity contribution in [3.8, 4) is 6.07 Å². The first-order valence-electron chi connectivity index (χ1n) is 5.91. The van der Waals surface area contributed by atoms with Gasteiger partial charge in [0, 0.05) is 11.5 Å². The molecule has 0 saturated heterocycles. The molecule has 4 nitrogen and oxygen atoms in total. The Morgan fingerprint density at radius 3 is 3.06 bits per heavy atom. The summed E-state index contributed by atoms with van der Waals surface area (Å²) < 4.78 is 0. The molecular weight excluding hydrogens is 214 g/mol. The van der Waals surface area contributed by atoms with Crippen molar-refractivity contribution in [2.45, 2.75) is 32.2 Å². The molecule has 0 aromatic carbocycles. The summed E-state index contributed by atoms with van der Waals surface area (Å²) in [5.41, 5.74) is 1.29. The third kappa shape index (κ3) is 2.40. The van der Waals surface area contributed by atoms with Gasteiger partial charge in [-0.25, -0.2) is 4.98 Å². The Hall–Kier alpha value is -1.60. The molecule has 0 bridgehead atoms. The first kappa shape index (κ1) is 11.9. The molecule has 90 valence electrons. The van der Waals surface area contributed by atoms with Gasteiger partial charge in [-0.2, -0.15) is 5.26 Å². The molecule has 0 spiro atoms. The predicted octanol–water partition coefficient (Wildman–Crippen LogP) is 1.92. The molecule has 1 aliphatic carbocycles. The van der Waals surface area contributed by atoms with Crippen molar-refractivity contribution in [3.05, 3.63) is 24.0 Å². The van der Waals surface area contributed by atoms with Gasteiger partial charge < -0.3 is 10.4 Å². The lowest BCUT2D eigenvalue weighted by atomic mass is 9.86. The van der Waals surface area contributed by atoms with Crippen molar-refractivity contribution in [3.63, 3.8) is 0 Å². The lowest BCUT2D eigenvalue weighted by Gasteiger charge is -2.30. The van der Waals surface area contributed by atoms with Crippen LogP contribution >= 0.6 is 0 Å². The number of hydrogen-bond acceptors (Lipinski definition) is 4. The van der Waals surface area contributed by atoms with Crippen LogP contribution in [0.3, 0.4) is 0 Å². The van der Waals surface area contributed by atoms with Gasteiger partial charge in [0.1, 0.15) is 11.8 Å². The summed E-state index contributed by atoms with van der Waals surface area (Å²) in [6.07, 6.45) is 4.93. The highest BCUT2D eigenvalue weighted by Crippen LogP contribution is 2.39. The number of rotatable bonds is 3. The van der Waals surface area contributed by atoms with E-state index in [9.17, 15) is 5.11 Å². The topological polar surface area (TPSA) is 68.9 Å². The monoisotopic (exact) mass is 231 g/mol. The van der Waals surface area contributed by atoms with Crippen LogP contribution in [0, 0.1) is 16.7 Å². The average Bonchev–Trinajstić information content (AvgIpc) is 2.73. The van der Waals surface area contributed by atoms with E-state index in [1.165, 1.54) is 0 Å². The Bertz CT molecular complexity index is 423. The van der Waals surface area contributed by atoms with Crippen molar-refractivity contribution >= 4 is 5.69 Å². The largest absolute Gasteiger partial charge is 0.396 e. The molecule has 1 saturated carbocycles. The lowest BCUT2D eigenvalue weighted by Crippen LogP contribution is -2.36. The van der Waals surface area contributed by atoms with Gasteiger partial charge in [-0.1, -0.05) is 13.3 Å². The van der Waals surface area contributed by atoms with Gasteiger partial charge in [0.15, 0.2) is 0 Å². The van der Waals surface area contributed by atoms with E-state index in [1.807, 2.05) is 12.1 Å². The Morgan fingerprint density at radius 1 is 1.65 bits per heavy atom. The van der Waals surface area contributed by atoms with Crippen LogP contribution < -0.4 is 5.32 Å². The van der Waals surface area contributed by atoms with E-state index in [4.69, 9.17) is 5.26 Å². The Balaban J connectivity index is 2.08. The summed E-state index contributed by atoms with van der Waals surface area (Å²) in [5, 5.41) is 21.5. The molecule has 0 radical (unpaired) electrons. The SMILES string of the molecule is C[C@@]1(CO)CCC[C@H]1Nc1ccc(C#N)nc1. The van der Waals surface area contributed by atoms with Crippen LogP contribution in [0.2, 0.25) is 0 Å². The molecule has 17 heavy (non-hydrogen) atoms. The molecule has 0 unspecified atom stereocenters. The fourth-order valence-corrected chi connectivity index (χ4v) is 2.41. The maximum atomic E-state index is 9.46. The van der Waals surface area contributed by atoms with E-state index in [-0.39, 0.29) is 18.1 Å². The molecule has 4 heteroatoms. The maximum absolute atomic E-state index is 9.46. The van der Waals surface area contributed by atoms with Crippen molar-refractivity contribution in [1.82, 2.24) is 4.98 Å². The Morgan fingerprint density at radius 2 is 2.47 bits per heavy atom. The molecule has 2 rings (SSSR count). The molecule has 1 aromatic heterocycles. The molecule has 1 aliphatic rings. The smallest absolute Gasteiger partial charge is 0.140 e. The zero-order chi connectivity index (χ0) is 12.3. The van der Waals surface area contributed by atoms with Gasteiger partial charge in [0.2, 0.25) is 0 Å². The van der Waals surface area contributed by atoms with E-state index in [1.54, 1.807) is 12.3 Å². The maximum Gasteiger partial charge on any atom is 0.140 e. The molecule has 2 atom stereocenters. The number of hydrogen-bond donors (Lipinski definition) is 2. The van der Waals surface area contributed by atoms with E-state index < -0.39 is 0 Å². The number of pyridine rings is 1. The summed E-state index contributed by atoms with van der Waals surface area (Å²) in [5.74, 6) is 0. The Labute approximate surface area is 101 Å². The van der Waals surface area contributed by atoms with E-state index in [0.717, 1.165) is 24.9 Å². The fourth-order valence-electron chi connectivity index (χ4n) is 2.41. The minimum Gasteiger partial charge on any atom is -0.396 e. The molecule has 2 N–H and O–H groups in total. The van der Waals surface area contributed by atoms with Gasteiger partial charge in [-0.05, 0) is 25.0 Å². The van der Waals surface area contributed by atoms with Crippen LogP contribution in [0.5, 0.6) is 0 Å². The molecule has 1 heterocycles. The van der Waals surface area contributed by atoms with Crippen molar-refractivity contribution in [1.29, 1.82) is 5.26 Å². The van der Waals surface area contributed by atoms with Crippen LogP contribution in [-0.4, -0.2) is 22.7 Å². The first-order chi connectivity index (χ1) is 8.18. The zero-order valence-electron chi connectivity index (χ0n) is 9.98. The number of aliphatic hydroxyl groups is 1. The van der Waals surface area contributed by atoms with Crippen LogP contribution in [0.1, 0.15) is 31.9 Å². The van der Waals surface area contributed by atoms with Gasteiger partial charge in [0.05, 0.1) is 18.5 Å². The molecule has 0 amide bonds. The summed E-state index contributed by atoms with van der Waals surface area (Å²) in [7, 11) is 0. The minimum atomic E-state index is -0.0477. The molecule has 1 fully saturated rings.